The van der Waals surface area contributed by atoms with Crippen molar-refractivity contribution in [3.05, 3.63) is 35.9 Å². The van der Waals surface area contributed by atoms with Crippen LogP contribution in [0.2, 0.25) is 6.04 Å². The molecule has 0 aliphatic heterocycles. The quantitative estimate of drug-likeness (QED) is 0.432. The highest BCUT2D eigenvalue weighted by atomic mass is 28.4. The minimum Gasteiger partial charge on any atom is -0.401 e. The van der Waals surface area contributed by atoms with E-state index in [-0.39, 0.29) is 0 Å². The Labute approximate surface area is 97.4 Å². The van der Waals surface area contributed by atoms with Crippen LogP contribution in [0.4, 0.5) is 0 Å². The molecule has 1 aromatic rings. The van der Waals surface area contributed by atoms with Crippen LogP contribution in [-0.2, 0) is 15.3 Å². The SMILES string of the molecule is CCC[Si](Cc1ccccc1)(N=C=O)OC. The Kier molecular flexibility index (Phi) is 5.12. The van der Waals surface area contributed by atoms with Crippen molar-refractivity contribution in [2.45, 2.75) is 25.4 Å². The molecule has 0 fully saturated rings. The summed E-state index contributed by atoms with van der Waals surface area (Å²) >= 11 is 0. The second-order valence-corrected chi connectivity index (χ2v) is 7.14. The molecule has 3 nitrogen and oxygen atoms in total. The third-order valence-electron chi connectivity index (χ3n) is 2.59. The van der Waals surface area contributed by atoms with Gasteiger partial charge in [0.1, 0.15) is 0 Å². The average molecular weight is 235 g/mol. The van der Waals surface area contributed by atoms with E-state index >= 15 is 0 Å². The molecule has 0 saturated carbocycles. The Morgan fingerprint density at radius 1 is 1.38 bits per heavy atom. The minimum absolute atomic E-state index is 0.743. The van der Waals surface area contributed by atoms with Crippen molar-refractivity contribution < 1.29 is 9.22 Å². The van der Waals surface area contributed by atoms with E-state index in [0.29, 0.717) is 0 Å². The van der Waals surface area contributed by atoms with Crippen LogP contribution in [0.1, 0.15) is 18.9 Å². The molecule has 0 radical (unpaired) electrons. The summed E-state index contributed by atoms with van der Waals surface area (Å²) in [7, 11) is -0.664. The summed E-state index contributed by atoms with van der Waals surface area (Å²) in [5.74, 6) is 0. The minimum atomic E-state index is -2.31. The summed E-state index contributed by atoms with van der Waals surface area (Å²) in [6.45, 7) is 2.08. The normalized spacial score (nSPS) is 13.9. The first kappa shape index (κ1) is 12.8. The third-order valence-corrected chi connectivity index (χ3v) is 6.09. The summed E-state index contributed by atoms with van der Waals surface area (Å²) in [4.78, 5) is 10.5. The van der Waals surface area contributed by atoms with Crippen LogP contribution < -0.4 is 0 Å². The molecule has 1 aromatic carbocycles. The first-order valence-electron chi connectivity index (χ1n) is 5.44. The van der Waals surface area contributed by atoms with E-state index in [1.807, 2.05) is 30.3 Å². The largest absolute Gasteiger partial charge is 0.401 e. The van der Waals surface area contributed by atoms with Gasteiger partial charge in [0, 0.05) is 13.2 Å². The first-order valence-corrected chi connectivity index (χ1v) is 7.71. The number of hydrogen-bond acceptors (Lipinski definition) is 3. The number of benzene rings is 1. The fourth-order valence-electron chi connectivity index (χ4n) is 1.79. The number of hydrogen-bond donors (Lipinski definition) is 0. The third kappa shape index (κ3) is 3.42. The predicted molar refractivity (Wildman–Crippen MR) is 66.1 cm³/mol. The van der Waals surface area contributed by atoms with Gasteiger partial charge < -0.3 is 4.43 Å². The van der Waals surface area contributed by atoms with Gasteiger partial charge in [0.05, 0.1) is 0 Å². The molecule has 16 heavy (non-hydrogen) atoms. The van der Waals surface area contributed by atoms with E-state index in [1.165, 1.54) is 5.56 Å². The van der Waals surface area contributed by atoms with Gasteiger partial charge in [0.2, 0.25) is 6.08 Å². The zero-order valence-corrected chi connectivity index (χ0v) is 10.8. The van der Waals surface area contributed by atoms with Crippen molar-refractivity contribution in [1.29, 1.82) is 0 Å². The van der Waals surface area contributed by atoms with Gasteiger partial charge in [-0.3, -0.25) is 0 Å². The summed E-state index contributed by atoms with van der Waals surface area (Å²) in [6, 6.07) is 11.6. The highest BCUT2D eigenvalue weighted by Gasteiger charge is 2.34. The van der Waals surface area contributed by atoms with Gasteiger partial charge in [-0.1, -0.05) is 43.7 Å². The molecule has 0 aliphatic carbocycles. The Morgan fingerprint density at radius 2 is 2.06 bits per heavy atom. The van der Waals surface area contributed by atoms with Crippen LogP contribution in [0.3, 0.4) is 0 Å². The molecule has 0 aliphatic rings. The molecule has 4 heteroatoms. The maximum absolute atomic E-state index is 10.5. The smallest absolute Gasteiger partial charge is 0.338 e. The predicted octanol–water partition coefficient (Wildman–Crippen LogP) is 2.60. The number of isocyanates is 1. The molecule has 1 rings (SSSR count). The Bertz CT molecular complexity index is 363. The van der Waals surface area contributed by atoms with E-state index in [9.17, 15) is 4.79 Å². The van der Waals surface area contributed by atoms with Crippen LogP contribution in [0, 0.1) is 0 Å². The first-order chi connectivity index (χ1) is 7.76. The van der Waals surface area contributed by atoms with Gasteiger partial charge in [-0.2, -0.15) is 0 Å². The Hall–Kier alpha value is -1.22. The van der Waals surface area contributed by atoms with Gasteiger partial charge in [-0.25, -0.2) is 9.45 Å². The molecular weight excluding hydrogens is 218 g/mol. The van der Waals surface area contributed by atoms with E-state index < -0.39 is 8.48 Å². The standard InChI is InChI=1S/C12H17NO2Si/c1-3-9-16(15-2,13-11-14)10-12-7-5-4-6-8-12/h4-8H,3,9-10H2,1-2H3. The summed E-state index contributed by atoms with van der Waals surface area (Å²) < 4.78 is 9.50. The second-order valence-electron chi connectivity index (χ2n) is 3.77. The van der Waals surface area contributed by atoms with Gasteiger partial charge in [0.15, 0.2) is 0 Å². The number of carbonyl (C=O) groups excluding carboxylic acids is 1. The molecule has 0 N–H and O–H groups in total. The van der Waals surface area contributed by atoms with Crippen molar-refractivity contribution in [1.82, 2.24) is 0 Å². The molecule has 1 atom stereocenters. The molecule has 1 unspecified atom stereocenters. The zero-order valence-electron chi connectivity index (χ0n) is 9.77. The maximum atomic E-state index is 10.5. The van der Waals surface area contributed by atoms with Crippen LogP contribution in [-0.4, -0.2) is 21.7 Å². The van der Waals surface area contributed by atoms with Gasteiger partial charge in [-0.15, -0.1) is 0 Å². The molecule has 0 heterocycles. The van der Waals surface area contributed by atoms with Crippen molar-refractivity contribution >= 4 is 14.6 Å². The van der Waals surface area contributed by atoms with Crippen LogP contribution in [0.5, 0.6) is 0 Å². The molecule has 0 spiro atoms. The molecule has 0 amide bonds. The second kappa shape index (κ2) is 6.38. The van der Waals surface area contributed by atoms with Gasteiger partial charge in [0.25, 0.3) is 0 Å². The van der Waals surface area contributed by atoms with Crippen LogP contribution in [0.25, 0.3) is 0 Å². The lowest BCUT2D eigenvalue weighted by Crippen LogP contribution is -2.38. The molecule has 0 aromatic heterocycles. The van der Waals surface area contributed by atoms with Crippen molar-refractivity contribution in [2.75, 3.05) is 7.11 Å². The Balaban J connectivity index is 2.89. The summed E-state index contributed by atoms with van der Waals surface area (Å²) in [6.07, 6.45) is 2.65. The fourth-order valence-corrected chi connectivity index (χ4v) is 4.42. The monoisotopic (exact) mass is 235 g/mol. The zero-order chi connectivity index (χ0) is 11.9. The Morgan fingerprint density at radius 3 is 2.56 bits per heavy atom. The van der Waals surface area contributed by atoms with Crippen LogP contribution >= 0.6 is 0 Å². The highest BCUT2D eigenvalue weighted by molar-refractivity contribution is 6.72. The highest BCUT2D eigenvalue weighted by Crippen LogP contribution is 2.20. The summed E-state index contributed by atoms with van der Waals surface area (Å²) in [5, 5.41) is 0. The molecule has 0 bridgehead atoms. The van der Waals surface area contributed by atoms with E-state index in [2.05, 4.69) is 11.6 Å². The van der Waals surface area contributed by atoms with Crippen molar-refractivity contribution in [3.63, 3.8) is 0 Å². The maximum Gasteiger partial charge on any atom is 0.338 e. The lowest BCUT2D eigenvalue weighted by atomic mass is 10.2. The van der Waals surface area contributed by atoms with Crippen LogP contribution in [0.15, 0.2) is 35.0 Å². The summed E-state index contributed by atoms with van der Waals surface area (Å²) in [5.41, 5.74) is 1.17. The lowest BCUT2D eigenvalue weighted by Gasteiger charge is -2.22. The van der Waals surface area contributed by atoms with E-state index in [1.54, 1.807) is 13.2 Å². The number of nitrogens with zero attached hydrogens (tertiary/aromatic N) is 1. The van der Waals surface area contributed by atoms with Gasteiger partial charge >= 0.3 is 8.48 Å². The topological polar surface area (TPSA) is 38.7 Å². The van der Waals surface area contributed by atoms with E-state index in [4.69, 9.17) is 4.43 Å². The molecule has 86 valence electrons. The fraction of sp³-hybridized carbons (Fsp3) is 0.417. The molecule has 0 saturated heterocycles. The van der Waals surface area contributed by atoms with Gasteiger partial charge in [-0.05, 0) is 11.6 Å². The van der Waals surface area contributed by atoms with Crippen molar-refractivity contribution in [2.24, 2.45) is 4.66 Å². The van der Waals surface area contributed by atoms with E-state index in [0.717, 1.165) is 18.5 Å². The average Bonchev–Trinajstić information content (AvgIpc) is 2.31. The molecular formula is C12H17NO2Si. The lowest BCUT2D eigenvalue weighted by molar-refractivity contribution is 0.389. The van der Waals surface area contributed by atoms with Crippen molar-refractivity contribution in [3.8, 4) is 0 Å². The number of rotatable bonds is 6.